The first kappa shape index (κ1) is 20.1. The zero-order valence-corrected chi connectivity index (χ0v) is 16.3. The van der Waals surface area contributed by atoms with Gasteiger partial charge in [0.1, 0.15) is 5.75 Å². The molecule has 0 aliphatic heterocycles. The number of methoxy groups -OCH3 is 1. The van der Waals surface area contributed by atoms with Gasteiger partial charge >= 0.3 is 5.97 Å². The molecule has 0 fully saturated rings. The molecule has 0 heterocycles. The summed E-state index contributed by atoms with van der Waals surface area (Å²) in [6.45, 7) is 3.83. The highest BCUT2D eigenvalue weighted by atomic mass is 35.5. The predicted octanol–water partition coefficient (Wildman–Crippen LogP) is 3.74. The van der Waals surface area contributed by atoms with Crippen LogP contribution in [0.4, 0.5) is 5.69 Å². The van der Waals surface area contributed by atoms with Gasteiger partial charge in [-0.1, -0.05) is 17.7 Å². The molecule has 6 nitrogen and oxygen atoms in total. The van der Waals surface area contributed by atoms with Crippen molar-refractivity contribution in [3.8, 4) is 5.75 Å². The second-order valence-electron chi connectivity index (χ2n) is 5.24. The van der Waals surface area contributed by atoms with Crippen LogP contribution in [0.2, 0.25) is 5.02 Å². The van der Waals surface area contributed by atoms with Crippen LogP contribution in [0.15, 0.2) is 47.4 Å². The average molecular weight is 398 g/mol. The van der Waals surface area contributed by atoms with Crippen molar-refractivity contribution < 1.29 is 22.7 Å². The monoisotopic (exact) mass is 397 g/mol. The third kappa shape index (κ3) is 4.11. The molecule has 26 heavy (non-hydrogen) atoms. The van der Waals surface area contributed by atoms with Gasteiger partial charge in [-0.15, -0.1) is 0 Å². The normalized spacial score (nSPS) is 11.1. The summed E-state index contributed by atoms with van der Waals surface area (Å²) >= 11 is 6.06. The lowest BCUT2D eigenvalue weighted by Gasteiger charge is -2.23. The van der Waals surface area contributed by atoms with E-state index in [9.17, 15) is 13.2 Å². The number of sulfonamides is 1. The van der Waals surface area contributed by atoms with Crippen molar-refractivity contribution in [3.05, 3.63) is 53.1 Å². The standard InChI is InChI=1S/C18H20ClNO5S/c1-4-20(14-8-6-7-13(11-14)18(21)25-5-2)26(22,23)15-9-10-17(24-3)16(19)12-15/h6-12H,4-5H2,1-3H3. The Balaban J connectivity index is 2.45. The summed E-state index contributed by atoms with van der Waals surface area (Å²) in [5, 5.41) is 0.199. The fourth-order valence-corrected chi connectivity index (χ4v) is 4.24. The highest BCUT2D eigenvalue weighted by Gasteiger charge is 2.25. The fraction of sp³-hybridized carbons (Fsp3) is 0.278. The predicted molar refractivity (Wildman–Crippen MR) is 101 cm³/mol. The number of halogens is 1. The SMILES string of the molecule is CCOC(=O)c1cccc(N(CC)S(=O)(=O)c2ccc(OC)c(Cl)c2)c1. The second-order valence-corrected chi connectivity index (χ2v) is 7.51. The van der Waals surface area contributed by atoms with E-state index in [2.05, 4.69) is 0 Å². The Hall–Kier alpha value is -2.25. The molecule has 0 N–H and O–H groups in total. The molecule has 0 aliphatic carbocycles. The van der Waals surface area contributed by atoms with Crippen LogP contribution in [0.1, 0.15) is 24.2 Å². The second kappa shape index (κ2) is 8.42. The zero-order valence-electron chi connectivity index (χ0n) is 14.7. The Morgan fingerprint density at radius 3 is 2.46 bits per heavy atom. The minimum Gasteiger partial charge on any atom is -0.495 e. The average Bonchev–Trinajstić information content (AvgIpc) is 2.62. The van der Waals surface area contributed by atoms with Gasteiger partial charge in [-0.25, -0.2) is 13.2 Å². The van der Waals surface area contributed by atoms with Crippen molar-refractivity contribution in [2.45, 2.75) is 18.7 Å². The Morgan fingerprint density at radius 2 is 1.88 bits per heavy atom. The lowest BCUT2D eigenvalue weighted by atomic mass is 10.2. The van der Waals surface area contributed by atoms with Crippen molar-refractivity contribution in [1.82, 2.24) is 0 Å². The first-order chi connectivity index (χ1) is 12.3. The Kier molecular flexibility index (Phi) is 6.50. The van der Waals surface area contributed by atoms with E-state index in [-0.39, 0.29) is 28.6 Å². The largest absolute Gasteiger partial charge is 0.495 e. The fourth-order valence-electron chi connectivity index (χ4n) is 2.43. The van der Waals surface area contributed by atoms with Crippen molar-refractivity contribution in [2.24, 2.45) is 0 Å². The molecule has 2 aromatic carbocycles. The Bertz CT molecular complexity index is 898. The molecule has 140 valence electrons. The number of nitrogens with zero attached hydrogens (tertiary/aromatic N) is 1. The maximum atomic E-state index is 13.0. The number of carbonyl (C=O) groups excluding carboxylic acids is 1. The number of ether oxygens (including phenoxy) is 2. The van der Waals surface area contributed by atoms with Crippen LogP contribution in [0.5, 0.6) is 5.75 Å². The number of benzene rings is 2. The third-order valence-electron chi connectivity index (χ3n) is 3.64. The molecule has 2 rings (SSSR count). The first-order valence-corrected chi connectivity index (χ1v) is 9.80. The van der Waals surface area contributed by atoms with Crippen LogP contribution in [0.3, 0.4) is 0 Å². The summed E-state index contributed by atoms with van der Waals surface area (Å²) in [7, 11) is -2.41. The quantitative estimate of drug-likeness (QED) is 0.665. The molecule has 0 saturated carbocycles. The maximum absolute atomic E-state index is 13.0. The molecule has 8 heteroatoms. The molecule has 0 unspecified atom stereocenters. The van der Waals surface area contributed by atoms with Gasteiger partial charge < -0.3 is 9.47 Å². The molecule has 0 amide bonds. The van der Waals surface area contributed by atoms with E-state index < -0.39 is 16.0 Å². The van der Waals surface area contributed by atoms with Crippen molar-refractivity contribution in [1.29, 1.82) is 0 Å². The molecular weight excluding hydrogens is 378 g/mol. The minimum absolute atomic E-state index is 0.0340. The Labute approximate surface area is 158 Å². The van der Waals surface area contributed by atoms with Crippen LogP contribution in [0.25, 0.3) is 0 Å². The zero-order chi connectivity index (χ0) is 19.3. The van der Waals surface area contributed by atoms with Crippen LogP contribution in [-0.4, -0.2) is 34.6 Å². The summed E-state index contributed by atoms with van der Waals surface area (Å²) < 4.78 is 37.3. The van der Waals surface area contributed by atoms with Crippen LogP contribution >= 0.6 is 11.6 Å². The Morgan fingerprint density at radius 1 is 1.15 bits per heavy atom. The van der Waals surface area contributed by atoms with Crippen molar-refractivity contribution in [3.63, 3.8) is 0 Å². The smallest absolute Gasteiger partial charge is 0.338 e. The number of hydrogen-bond acceptors (Lipinski definition) is 5. The van der Waals surface area contributed by atoms with Gasteiger partial charge in [-0.3, -0.25) is 4.31 Å². The molecule has 0 bridgehead atoms. The van der Waals surface area contributed by atoms with Gasteiger partial charge in [0.05, 0.1) is 34.9 Å². The summed E-state index contributed by atoms with van der Waals surface area (Å²) in [4.78, 5) is 12.0. The number of rotatable bonds is 7. The van der Waals surface area contributed by atoms with Crippen LogP contribution in [0, 0.1) is 0 Å². The maximum Gasteiger partial charge on any atom is 0.338 e. The molecule has 0 atom stereocenters. The van der Waals surface area contributed by atoms with Crippen molar-refractivity contribution >= 4 is 33.3 Å². The van der Waals surface area contributed by atoms with E-state index in [1.807, 2.05) is 0 Å². The van der Waals surface area contributed by atoms with Gasteiger partial charge in [-0.2, -0.15) is 0 Å². The third-order valence-corrected chi connectivity index (χ3v) is 5.84. The molecule has 0 saturated heterocycles. The van der Waals surface area contributed by atoms with Gasteiger partial charge in [0.2, 0.25) is 0 Å². The molecule has 0 aliphatic rings. The topological polar surface area (TPSA) is 72.9 Å². The molecule has 2 aromatic rings. The summed E-state index contributed by atoms with van der Waals surface area (Å²) in [5.74, 6) is -0.117. The first-order valence-electron chi connectivity index (χ1n) is 7.98. The summed E-state index contributed by atoms with van der Waals surface area (Å²) in [5.41, 5.74) is 0.649. The van der Waals surface area contributed by atoms with Crippen LogP contribution < -0.4 is 9.04 Å². The molecule has 0 radical (unpaired) electrons. The van der Waals surface area contributed by atoms with Gasteiger partial charge in [-0.05, 0) is 50.2 Å². The molecular formula is C18H20ClNO5S. The van der Waals surface area contributed by atoms with E-state index in [0.717, 1.165) is 0 Å². The van der Waals surface area contributed by atoms with E-state index in [1.54, 1.807) is 32.0 Å². The number of hydrogen-bond donors (Lipinski definition) is 0. The van der Waals surface area contributed by atoms with Crippen molar-refractivity contribution in [2.75, 3.05) is 24.6 Å². The van der Waals surface area contributed by atoms with E-state index in [4.69, 9.17) is 21.1 Å². The molecule has 0 spiro atoms. The van der Waals surface area contributed by atoms with Gasteiger partial charge in [0, 0.05) is 6.54 Å². The van der Waals surface area contributed by atoms with Crippen LogP contribution in [-0.2, 0) is 14.8 Å². The number of esters is 1. The highest BCUT2D eigenvalue weighted by Crippen LogP contribution is 2.30. The van der Waals surface area contributed by atoms with Gasteiger partial charge in [0.15, 0.2) is 0 Å². The van der Waals surface area contributed by atoms with E-state index in [1.165, 1.54) is 35.7 Å². The highest BCUT2D eigenvalue weighted by molar-refractivity contribution is 7.92. The van der Waals surface area contributed by atoms with Gasteiger partial charge in [0.25, 0.3) is 10.0 Å². The lowest BCUT2D eigenvalue weighted by molar-refractivity contribution is 0.0526. The number of anilines is 1. The molecule has 0 aromatic heterocycles. The summed E-state index contributed by atoms with van der Waals surface area (Å²) in [6, 6.07) is 10.6. The number of carbonyl (C=O) groups is 1. The minimum atomic E-state index is -3.87. The van der Waals surface area contributed by atoms with E-state index >= 15 is 0 Å². The lowest BCUT2D eigenvalue weighted by Crippen LogP contribution is -2.31. The summed E-state index contributed by atoms with van der Waals surface area (Å²) in [6.07, 6.45) is 0. The van der Waals surface area contributed by atoms with E-state index in [0.29, 0.717) is 11.4 Å².